The quantitative estimate of drug-likeness (QED) is 0.260. The van der Waals surface area contributed by atoms with E-state index in [0.717, 1.165) is 34.1 Å². The van der Waals surface area contributed by atoms with Crippen molar-refractivity contribution in [3.63, 3.8) is 0 Å². The van der Waals surface area contributed by atoms with Crippen LogP contribution in [-0.4, -0.2) is 44.3 Å². The SMILES string of the molecule is CC[C@H](C(=O)NCC(C)C)N(Cc1ccc(Cl)cc1Cl)C(=O)CN(c1ccc(C)cc1)S(=O)(=O)c1ccc(F)cc1. The number of sulfonamides is 1. The maximum absolute atomic E-state index is 14.1. The Morgan fingerprint density at radius 3 is 2.17 bits per heavy atom. The van der Waals surface area contributed by atoms with Gasteiger partial charge < -0.3 is 10.2 Å². The number of nitrogens with zero attached hydrogens (tertiary/aromatic N) is 2. The number of halogens is 3. The summed E-state index contributed by atoms with van der Waals surface area (Å²) in [6, 6.07) is 15.0. The zero-order chi connectivity index (χ0) is 30.3. The minimum Gasteiger partial charge on any atom is -0.354 e. The number of aryl methyl sites for hydroxylation is 1. The van der Waals surface area contributed by atoms with Crippen molar-refractivity contribution in [2.24, 2.45) is 5.92 Å². The van der Waals surface area contributed by atoms with Crippen LogP contribution >= 0.6 is 23.2 Å². The highest BCUT2D eigenvalue weighted by Crippen LogP contribution is 2.27. The fourth-order valence-electron chi connectivity index (χ4n) is 4.15. The van der Waals surface area contributed by atoms with E-state index in [0.29, 0.717) is 22.2 Å². The summed E-state index contributed by atoms with van der Waals surface area (Å²) in [5.41, 5.74) is 1.68. The van der Waals surface area contributed by atoms with Gasteiger partial charge in [0.05, 0.1) is 10.6 Å². The molecular weight excluding hydrogens is 588 g/mol. The molecule has 0 aliphatic rings. The standard InChI is InChI=1S/C30H34Cl2FN3O4S/c1-5-28(30(38)34-17-20(2)3)35(18-22-8-9-23(31)16-27(22)32)29(37)19-36(25-12-6-21(4)7-13-25)41(39,40)26-14-10-24(33)11-15-26/h6-16,20,28H,5,17-19H2,1-4H3,(H,34,38)/t28-/m1/s1. The summed E-state index contributed by atoms with van der Waals surface area (Å²) in [6.45, 7) is 7.29. The second-order valence-electron chi connectivity index (χ2n) is 10.1. The van der Waals surface area contributed by atoms with E-state index in [-0.39, 0.29) is 35.4 Å². The molecule has 0 aromatic heterocycles. The Labute approximate surface area is 251 Å². The van der Waals surface area contributed by atoms with Gasteiger partial charge in [0.2, 0.25) is 11.8 Å². The Morgan fingerprint density at radius 2 is 1.61 bits per heavy atom. The van der Waals surface area contributed by atoms with Gasteiger partial charge >= 0.3 is 0 Å². The van der Waals surface area contributed by atoms with E-state index in [9.17, 15) is 22.4 Å². The van der Waals surface area contributed by atoms with E-state index in [1.165, 1.54) is 4.90 Å². The lowest BCUT2D eigenvalue weighted by atomic mass is 10.1. The molecule has 11 heteroatoms. The number of rotatable bonds is 12. The molecule has 0 unspecified atom stereocenters. The van der Waals surface area contributed by atoms with E-state index >= 15 is 0 Å². The molecule has 0 bridgehead atoms. The fraction of sp³-hybridized carbons (Fsp3) is 0.333. The van der Waals surface area contributed by atoms with Crippen molar-refractivity contribution in [2.45, 2.75) is 51.6 Å². The number of anilines is 1. The zero-order valence-corrected chi connectivity index (χ0v) is 25.7. The third kappa shape index (κ3) is 8.44. The summed E-state index contributed by atoms with van der Waals surface area (Å²) in [6.07, 6.45) is 0.274. The van der Waals surface area contributed by atoms with Crippen LogP contribution in [-0.2, 0) is 26.2 Å². The molecule has 0 aliphatic carbocycles. The lowest BCUT2D eigenvalue weighted by Crippen LogP contribution is -2.52. The minimum absolute atomic E-state index is 0.0548. The van der Waals surface area contributed by atoms with Crippen LogP contribution in [0.1, 0.15) is 38.3 Å². The van der Waals surface area contributed by atoms with Crippen LogP contribution < -0.4 is 9.62 Å². The average Bonchev–Trinajstić information content (AvgIpc) is 2.92. The van der Waals surface area contributed by atoms with Crippen molar-refractivity contribution >= 4 is 50.7 Å². The number of hydrogen-bond acceptors (Lipinski definition) is 4. The van der Waals surface area contributed by atoms with Gasteiger partial charge in [0.15, 0.2) is 0 Å². The van der Waals surface area contributed by atoms with Crippen LogP contribution in [0.25, 0.3) is 0 Å². The van der Waals surface area contributed by atoms with E-state index < -0.39 is 34.3 Å². The second-order valence-corrected chi connectivity index (χ2v) is 12.8. The van der Waals surface area contributed by atoms with Crippen molar-refractivity contribution in [3.05, 3.63) is 93.7 Å². The van der Waals surface area contributed by atoms with E-state index in [2.05, 4.69) is 5.32 Å². The Kier molecular flexibility index (Phi) is 11.2. The van der Waals surface area contributed by atoms with Gasteiger partial charge in [-0.15, -0.1) is 0 Å². The predicted molar refractivity (Wildman–Crippen MR) is 161 cm³/mol. The van der Waals surface area contributed by atoms with Gasteiger partial charge in [-0.3, -0.25) is 13.9 Å². The first-order valence-electron chi connectivity index (χ1n) is 13.2. The molecule has 3 aromatic rings. The van der Waals surface area contributed by atoms with Gasteiger partial charge in [-0.25, -0.2) is 12.8 Å². The molecule has 0 heterocycles. The number of amides is 2. The maximum Gasteiger partial charge on any atom is 0.264 e. The Morgan fingerprint density at radius 1 is 0.976 bits per heavy atom. The van der Waals surface area contributed by atoms with Crippen molar-refractivity contribution < 1.29 is 22.4 Å². The van der Waals surface area contributed by atoms with Gasteiger partial charge in [-0.2, -0.15) is 0 Å². The van der Waals surface area contributed by atoms with Gasteiger partial charge in [-0.05, 0) is 73.4 Å². The summed E-state index contributed by atoms with van der Waals surface area (Å²) in [5, 5.41) is 3.60. The van der Waals surface area contributed by atoms with Crippen LogP contribution in [0.2, 0.25) is 10.0 Å². The lowest BCUT2D eigenvalue weighted by Gasteiger charge is -2.33. The molecule has 3 aromatic carbocycles. The molecule has 2 amide bonds. The Bertz CT molecular complexity index is 1470. The smallest absolute Gasteiger partial charge is 0.264 e. The molecule has 7 nitrogen and oxygen atoms in total. The lowest BCUT2D eigenvalue weighted by molar-refractivity contribution is -0.140. The van der Waals surface area contributed by atoms with Crippen molar-refractivity contribution in [1.29, 1.82) is 0 Å². The van der Waals surface area contributed by atoms with Gasteiger partial charge in [0.1, 0.15) is 18.4 Å². The first kappa shape index (κ1) is 32.4. The Balaban J connectivity index is 2.06. The summed E-state index contributed by atoms with van der Waals surface area (Å²) >= 11 is 12.5. The first-order valence-corrected chi connectivity index (χ1v) is 15.4. The molecule has 0 saturated carbocycles. The molecule has 220 valence electrons. The van der Waals surface area contributed by atoms with Gasteiger partial charge in [0.25, 0.3) is 10.0 Å². The minimum atomic E-state index is -4.30. The summed E-state index contributed by atoms with van der Waals surface area (Å²) in [5.74, 6) is -1.38. The topological polar surface area (TPSA) is 86.8 Å². The zero-order valence-electron chi connectivity index (χ0n) is 23.4. The summed E-state index contributed by atoms with van der Waals surface area (Å²) in [4.78, 5) is 28.5. The molecule has 1 atom stereocenters. The summed E-state index contributed by atoms with van der Waals surface area (Å²) in [7, 11) is -4.30. The van der Waals surface area contributed by atoms with Crippen LogP contribution in [0.3, 0.4) is 0 Å². The molecule has 3 rings (SSSR count). The molecule has 41 heavy (non-hydrogen) atoms. The molecule has 0 radical (unpaired) electrons. The molecule has 0 saturated heterocycles. The molecule has 1 N–H and O–H groups in total. The van der Waals surface area contributed by atoms with Gasteiger partial charge in [-0.1, -0.05) is 67.7 Å². The van der Waals surface area contributed by atoms with Crippen LogP contribution in [0, 0.1) is 18.7 Å². The number of benzene rings is 3. The highest BCUT2D eigenvalue weighted by Gasteiger charge is 2.34. The summed E-state index contributed by atoms with van der Waals surface area (Å²) < 4.78 is 42.2. The highest BCUT2D eigenvalue weighted by molar-refractivity contribution is 7.92. The van der Waals surface area contributed by atoms with E-state index in [1.54, 1.807) is 49.4 Å². The normalized spacial score (nSPS) is 12.2. The average molecular weight is 623 g/mol. The molecule has 0 spiro atoms. The third-order valence-electron chi connectivity index (χ3n) is 6.43. The number of nitrogens with one attached hydrogen (secondary N) is 1. The highest BCUT2D eigenvalue weighted by atomic mass is 35.5. The van der Waals surface area contributed by atoms with Crippen LogP contribution in [0.4, 0.5) is 10.1 Å². The van der Waals surface area contributed by atoms with Crippen LogP contribution in [0.5, 0.6) is 0 Å². The van der Waals surface area contributed by atoms with Crippen molar-refractivity contribution in [1.82, 2.24) is 10.2 Å². The first-order chi connectivity index (χ1) is 19.3. The Hall–Kier alpha value is -3.14. The second kappa shape index (κ2) is 14.2. The van der Waals surface area contributed by atoms with Crippen molar-refractivity contribution in [3.8, 4) is 0 Å². The largest absolute Gasteiger partial charge is 0.354 e. The molecule has 0 aliphatic heterocycles. The third-order valence-corrected chi connectivity index (χ3v) is 8.80. The molecule has 0 fully saturated rings. The van der Waals surface area contributed by atoms with Gasteiger partial charge in [0, 0.05) is 23.1 Å². The van der Waals surface area contributed by atoms with Crippen LogP contribution in [0.15, 0.2) is 71.6 Å². The van der Waals surface area contributed by atoms with E-state index in [4.69, 9.17) is 23.2 Å². The predicted octanol–water partition coefficient (Wildman–Crippen LogP) is 6.22. The van der Waals surface area contributed by atoms with Crippen molar-refractivity contribution in [2.75, 3.05) is 17.4 Å². The monoisotopic (exact) mass is 621 g/mol. The number of carbonyl (C=O) groups is 2. The fourth-order valence-corrected chi connectivity index (χ4v) is 6.03. The maximum atomic E-state index is 14.1. The number of hydrogen-bond donors (Lipinski definition) is 1. The molecular formula is C30H34Cl2FN3O4S. The number of carbonyl (C=O) groups excluding carboxylic acids is 2. The van der Waals surface area contributed by atoms with E-state index in [1.807, 2.05) is 20.8 Å².